The fraction of sp³-hybridized carbons (Fsp3) is 0.538. The van der Waals surface area contributed by atoms with Crippen molar-refractivity contribution in [3.63, 3.8) is 0 Å². The molecule has 0 atom stereocenters. The van der Waals surface area contributed by atoms with Gasteiger partial charge < -0.3 is 9.31 Å². The molecule has 116 valence electrons. The number of alkyl halides is 3. The lowest BCUT2D eigenvalue weighted by Crippen LogP contribution is -2.41. The molecule has 0 spiro atoms. The topological polar surface area (TPSA) is 18.5 Å². The second-order valence-electron chi connectivity index (χ2n) is 5.92. The Kier molecular flexibility index (Phi) is 4.07. The van der Waals surface area contributed by atoms with E-state index < -0.39 is 35.1 Å². The minimum Gasteiger partial charge on any atom is -0.399 e. The van der Waals surface area contributed by atoms with E-state index in [9.17, 15) is 13.2 Å². The number of hydrogen-bond donors (Lipinski definition) is 0. The summed E-state index contributed by atoms with van der Waals surface area (Å²) < 4.78 is 49.9. The molecular formula is C13H14BCl2F3O2. The highest BCUT2D eigenvalue weighted by Crippen LogP contribution is 2.40. The smallest absolute Gasteiger partial charge is 0.399 e. The standard InChI is InChI=1S/C13H14BCl2F3O2/c1-11(2)12(3,4)21-14(20-11)8-6-5-7(13(17,18)19)9(15)10(8)16/h5-6H,1-4H3. The predicted octanol–water partition coefficient (Wildman–Crippen LogP) is 4.31. The second kappa shape index (κ2) is 5.05. The Morgan fingerprint density at radius 3 is 1.86 bits per heavy atom. The maximum atomic E-state index is 12.8. The zero-order valence-corrected chi connectivity index (χ0v) is 13.5. The molecule has 1 aliphatic heterocycles. The third kappa shape index (κ3) is 2.91. The van der Waals surface area contributed by atoms with Crippen molar-refractivity contribution in [2.45, 2.75) is 45.1 Å². The Morgan fingerprint density at radius 2 is 1.43 bits per heavy atom. The number of hydrogen-bond acceptors (Lipinski definition) is 2. The summed E-state index contributed by atoms with van der Waals surface area (Å²) in [7, 11) is -0.859. The van der Waals surface area contributed by atoms with Crippen molar-refractivity contribution < 1.29 is 22.5 Å². The molecule has 0 amide bonds. The van der Waals surface area contributed by atoms with E-state index in [1.807, 2.05) is 27.7 Å². The van der Waals surface area contributed by atoms with E-state index in [-0.39, 0.29) is 10.5 Å². The van der Waals surface area contributed by atoms with Crippen LogP contribution in [0.15, 0.2) is 12.1 Å². The largest absolute Gasteiger partial charge is 0.496 e. The van der Waals surface area contributed by atoms with Crippen molar-refractivity contribution in [2.75, 3.05) is 0 Å². The van der Waals surface area contributed by atoms with Crippen LogP contribution < -0.4 is 5.46 Å². The molecule has 1 saturated heterocycles. The summed E-state index contributed by atoms with van der Waals surface area (Å²) in [4.78, 5) is 0. The van der Waals surface area contributed by atoms with E-state index in [0.717, 1.165) is 6.07 Å². The molecule has 21 heavy (non-hydrogen) atoms. The van der Waals surface area contributed by atoms with Gasteiger partial charge in [-0.2, -0.15) is 13.2 Å². The van der Waals surface area contributed by atoms with Crippen molar-refractivity contribution in [1.82, 2.24) is 0 Å². The highest BCUT2D eigenvalue weighted by molar-refractivity contribution is 6.66. The third-order valence-corrected chi connectivity index (χ3v) is 4.82. The quantitative estimate of drug-likeness (QED) is 0.709. The zero-order chi connectivity index (χ0) is 16.2. The molecule has 8 heteroatoms. The molecular weight excluding hydrogens is 327 g/mol. The van der Waals surface area contributed by atoms with Gasteiger partial charge in [-0.15, -0.1) is 0 Å². The highest BCUT2D eigenvalue weighted by atomic mass is 35.5. The highest BCUT2D eigenvalue weighted by Gasteiger charge is 2.52. The minimum atomic E-state index is -4.56. The van der Waals surface area contributed by atoms with Crippen molar-refractivity contribution >= 4 is 35.8 Å². The van der Waals surface area contributed by atoms with Crippen molar-refractivity contribution in [1.29, 1.82) is 0 Å². The van der Waals surface area contributed by atoms with E-state index in [1.165, 1.54) is 6.07 Å². The molecule has 0 bridgehead atoms. The van der Waals surface area contributed by atoms with E-state index in [1.54, 1.807) is 0 Å². The van der Waals surface area contributed by atoms with Gasteiger partial charge in [0.2, 0.25) is 0 Å². The Bertz CT molecular complexity index is 557. The average molecular weight is 341 g/mol. The first-order valence-electron chi connectivity index (χ1n) is 6.27. The van der Waals surface area contributed by atoms with Gasteiger partial charge in [-0.3, -0.25) is 0 Å². The van der Waals surface area contributed by atoms with Gasteiger partial charge in [0.05, 0.1) is 26.8 Å². The molecule has 0 N–H and O–H groups in total. The SMILES string of the molecule is CC1(C)OB(c2ccc(C(F)(F)F)c(Cl)c2Cl)OC1(C)C. The molecule has 1 fully saturated rings. The van der Waals surface area contributed by atoms with Gasteiger partial charge >= 0.3 is 13.3 Å². The van der Waals surface area contributed by atoms with Gasteiger partial charge in [-0.25, -0.2) is 0 Å². The lowest BCUT2D eigenvalue weighted by Gasteiger charge is -2.32. The minimum absolute atomic E-state index is 0.204. The average Bonchev–Trinajstić information content (AvgIpc) is 2.50. The summed E-state index contributed by atoms with van der Waals surface area (Å²) in [6.45, 7) is 7.36. The molecule has 2 rings (SSSR count). The fourth-order valence-electron chi connectivity index (χ4n) is 1.94. The summed E-state index contributed by atoms with van der Waals surface area (Å²) in [6.07, 6.45) is -4.56. The summed E-state index contributed by atoms with van der Waals surface area (Å²) in [5.41, 5.74) is -1.92. The molecule has 0 aliphatic carbocycles. The molecule has 1 aromatic rings. The fourth-order valence-corrected chi connectivity index (χ4v) is 2.47. The molecule has 2 nitrogen and oxygen atoms in total. The molecule has 0 saturated carbocycles. The van der Waals surface area contributed by atoms with E-state index in [0.29, 0.717) is 0 Å². The maximum Gasteiger partial charge on any atom is 0.496 e. The summed E-state index contributed by atoms with van der Waals surface area (Å²) in [5.74, 6) is 0. The molecule has 0 radical (unpaired) electrons. The van der Waals surface area contributed by atoms with Gasteiger partial charge in [-0.05, 0) is 33.8 Å². The zero-order valence-electron chi connectivity index (χ0n) is 11.9. The van der Waals surface area contributed by atoms with Crippen LogP contribution in [0.4, 0.5) is 13.2 Å². The number of benzene rings is 1. The first-order valence-corrected chi connectivity index (χ1v) is 7.03. The van der Waals surface area contributed by atoms with Crippen LogP contribution >= 0.6 is 23.2 Å². The van der Waals surface area contributed by atoms with Gasteiger partial charge in [0.1, 0.15) is 0 Å². The van der Waals surface area contributed by atoms with Crippen molar-refractivity contribution in [3.05, 3.63) is 27.7 Å². The van der Waals surface area contributed by atoms with Crippen molar-refractivity contribution in [3.8, 4) is 0 Å². The van der Waals surface area contributed by atoms with Gasteiger partial charge in [0.25, 0.3) is 0 Å². The summed E-state index contributed by atoms with van der Waals surface area (Å²) in [6, 6.07) is 2.12. The molecule has 1 aromatic carbocycles. The molecule has 1 heterocycles. The predicted molar refractivity (Wildman–Crippen MR) is 77.2 cm³/mol. The third-order valence-electron chi connectivity index (χ3n) is 3.92. The molecule has 0 aromatic heterocycles. The van der Waals surface area contributed by atoms with Gasteiger partial charge in [-0.1, -0.05) is 29.3 Å². The summed E-state index contributed by atoms with van der Waals surface area (Å²) >= 11 is 11.7. The number of rotatable bonds is 1. The lowest BCUT2D eigenvalue weighted by molar-refractivity contribution is -0.137. The summed E-state index contributed by atoms with van der Waals surface area (Å²) in [5, 5.41) is -0.749. The van der Waals surface area contributed by atoms with Crippen LogP contribution in [-0.4, -0.2) is 18.3 Å². The number of halogens is 5. The Balaban J connectivity index is 2.43. The van der Waals surface area contributed by atoms with Crippen molar-refractivity contribution in [2.24, 2.45) is 0 Å². The van der Waals surface area contributed by atoms with Gasteiger partial charge in [0, 0.05) is 5.46 Å². The van der Waals surface area contributed by atoms with Crippen LogP contribution in [0.1, 0.15) is 33.3 Å². The van der Waals surface area contributed by atoms with Crippen LogP contribution in [-0.2, 0) is 15.5 Å². The Hall–Kier alpha value is -0.425. The van der Waals surface area contributed by atoms with E-state index >= 15 is 0 Å². The van der Waals surface area contributed by atoms with Crippen LogP contribution in [0.2, 0.25) is 10.0 Å². The Morgan fingerprint density at radius 1 is 0.952 bits per heavy atom. The van der Waals surface area contributed by atoms with E-state index in [4.69, 9.17) is 32.5 Å². The first kappa shape index (κ1) is 16.9. The normalized spacial score (nSPS) is 20.9. The molecule has 0 unspecified atom stereocenters. The first-order chi connectivity index (χ1) is 9.37. The maximum absolute atomic E-state index is 12.8. The van der Waals surface area contributed by atoms with Crippen LogP contribution in [0, 0.1) is 0 Å². The van der Waals surface area contributed by atoms with Crippen LogP contribution in [0.25, 0.3) is 0 Å². The Labute approximate surface area is 131 Å². The van der Waals surface area contributed by atoms with Crippen LogP contribution in [0.3, 0.4) is 0 Å². The van der Waals surface area contributed by atoms with Crippen LogP contribution in [0.5, 0.6) is 0 Å². The monoisotopic (exact) mass is 340 g/mol. The lowest BCUT2D eigenvalue weighted by atomic mass is 9.78. The van der Waals surface area contributed by atoms with E-state index in [2.05, 4.69) is 0 Å². The van der Waals surface area contributed by atoms with Gasteiger partial charge in [0.15, 0.2) is 0 Å². The molecule has 1 aliphatic rings. The second-order valence-corrected chi connectivity index (χ2v) is 6.67.